The molecule has 0 spiro atoms. The Kier molecular flexibility index (Phi) is 17.8. The smallest absolute Gasteiger partial charge is 0.259 e. The quantitative estimate of drug-likeness (QED) is 0.0579. The molecule has 2 aromatic heterocycles. The lowest BCUT2D eigenvalue weighted by Gasteiger charge is -2.26. The standard InChI is InChI=1S/C35H34FN3O6.C27H28FN3O4/c1-41-29-7-4-3-6-26(29)35(40)38-24-9-10-25-23(20-24)8-11-31(34(25)36)45-30-12-13-37-28-22-33(32(42-2)21-27(28)30)44-17-5-14-39-15-18-43-19-16-39;1-32-25-16-21-22(17-26(25)34-12-2-9-31-10-13-33-14-11-31)30-8-7-23(21)35-24-6-3-18-15-19(29)4-5-20(18)27(24)28/h3-4,6-13,20-22H,5,14-19H2,1-2H3,(H,38,40);3-8,15-17H,2,9-14,29H2,1H3. The number of morpholine rings is 2. The molecule has 1 amide bonds. The van der Waals surface area contributed by atoms with Gasteiger partial charge in [-0.1, -0.05) is 24.3 Å². The minimum absolute atomic E-state index is 0.0585. The van der Waals surface area contributed by atoms with Crippen molar-refractivity contribution in [2.45, 2.75) is 12.8 Å². The van der Waals surface area contributed by atoms with E-state index in [2.05, 4.69) is 25.1 Å². The number of hydrogen-bond donors (Lipinski definition) is 2. The molecule has 0 aliphatic carbocycles. The van der Waals surface area contributed by atoms with E-state index in [4.69, 9.17) is 48.4 Å². The van der Waals surface area contributed by atoms with E-state index in [9.17, 15) is 4.79 Å². The summed E-state index contributed by atoms with van der Waals surface area (Å²) in [5, 5.41) is 6.33. The van der Waals surface area contributed by atoms with Gasteiger partial charge in [-0.15, -0.1) is 0 Å². The molecule has 0 bridgehead atoms. The Morgan fingerprint density at radius 2 is 1.04 bits per heavy atom. The number of pyridine rings is 2. The predicted octanol–water partition coefficient (Wildman–Crippen LogP) is 11.7. The van der Waals surface area contributed by atoms with Crippen molar-refractivity contribution >= 4 is 60.6 Å². The number of methoxy groups -OCH3 is 3. The lowest BCUT2D eigenvalue weighted by Crippen LogP contribution is -2.37. The monoisotopic (exact) mass is 1090 g/mol. The van der Waals surface area contributed by atoms with Gasteiger partial charge >= 0.3 is 0 Å². The summed E-state index contributed by atoms with van der Waals surface area (Å²) in [6.45, 7) is 9.88. The fourth-order valence-corrected chi connectivity index (χ4v) is 9.63. The molecule has 16 nitrogen and oxygen atoms in total. The molecule has 7 aromatic carbocycles. The van der Waals surface area contributed by atoms with Gasteiger partial charge in [0.25, 0.3) is 5.91 Å². The molecule has 2 aliphatic rings. The first kappa shape index (κ1) is 54.8. The third kappa shape index (κ3) is 13.0. The van der Waals surface area contributed by atoms with E-state index in [1.54, 1.807) is 130 Å². The van der Waals surface area contributed by atoms with Crippen LogP contribution in [0.25, 0.3) is 43.4 Å². The average molecular weight is 1090 g/mol. The van der Waals surface area contributed by atoms with Gasteiger partial charge in [0.15, 0.2) is 46.1 Å². The number of hydrogen-bond acceptors (Lipinski definition) is 15. The number of fused-ring (bicyclic) bond motifs is 4. The van der Waals surface area contributed by atoms with Crippen LogP contribution in [0.1, 0.15) is 23.2 Å². The zero-order valence-corrected chi connectivity index (χ0v) is 44.8. The second kappa shape index (κ2) is 25.9. The third-order valence-corrected chi connectivity index (χ3v) is 13.8. The predicted molar refractivity (Wildman–Crippen MR) is 305 cm³/mol. The molecule has 2 saturated heterocycles. The summed E-state index contributed by atoms with van der Waals surface area (Å²) in [6, 6.07) is 34.3. The normalized spacial score (nSPS) is 13.9. The van der Waals surface area contributed by atoms with Crippen LogP contribution in [0, 0.1) is 11.6 Å². The topological polar surface area (TPSA) is 170 Å². The summed E-state index contributed by atoms with van der Waals surface area (Å²) in [5.74, 6) is 2.55. The number of para-hydroxylation sites is 1. The molecular formula is C62H62F2N6O10. The Hall–Kier alpha value is -8.55. The molecule has 18 heteroatoms. The number of benzene rings is 7. The second-order valence-corrected chi connectivity index (χ2v) is 19.0. The Bertz CT molecular complexity index is 3630. The van der Waals surface area contributed by atoms with Crippen LogP contribution in [-0.2, 0) is 9.47 Å². The van der Waals surface area contributed by atoms with E-state index in [0.717, 1.165) is 78.5 Å². The number of nitrogens with zero attached hydrogens (tertiary/aromatic N) is 4. The van der Waals surface area contributed by atoms with Crippen LogP contribution < -0.4 is 44.2 Å². The molecule has 0 unspecified atom stereocenters. The van der Waals surface area contributed by atoms with Crippen molar-refractivity contribution in [3.8, 4) is 51.7 Å². The fourth-order valence-electron chi connectivity index (χ4n) is 9.63. The zero-order valence-electron chi connectivity index (χ0n) is 44.8. The molecule has 4 heterocycles. The Morgan fingerprint density at radius 3 is 1.56 bits per heavy atom. The third-order valence-electron chi connectivity index (χ3n) is 13.8. The molecule has 0 atom stereocenters. The summed E-state index contributed by atoms with van der Waals surface area (Å²) >= 11 is 0. The molecule has 9 aromatic rings. The second-order valence-electron chi connectivity index (χ2n) is 19.0. The van der Waals surface area contributed by atoms with Gasteiger partial charge in [0, 0.05) is 96.7 Å². The first-order valence-corrected chi connectivity index (χ1v) is 26.5. The highest BCUT2D eigenvalue weighted by atomic mass is 19.1. The van der Waals surface area contributed by atoms with Crippen molar-refractivity contribution in [2.24, 2.45) is 0 Å². The number of anilines is 2. The van der Waals surface area contributed by atoms with Gasteiger partial charge in [0.05, 0.1) is 77.6 Å². The first-order chi connectivity index (χ1) is 39.2. The van der Waals surface area contributed by atoms with Gasteiger partial charge in [-0.25, -0.2) is 8.78 Å². The van der Waals surface area contributed by atoms with Gasteiger partial charge in [0.1, 0.15) is 17.2 Å². The number of aromatic nitrogens is 2. The van der Waals surface area contributed by atoms with Crippen molar-refractivity contribution in [3.63, 3.8) is 0 Å². The number of carbonyl (C=O) groups excluding carboxylic acids is 1. The van der Waals surface area contributed by atoms with E-state index >= 15 is 8.78 Å². The van der Waals surface area contributed by atoms with E-state index in [1.165, 1.54) is 7.11 Å². The van der Waals surface area contributed by atoms with Gasteiger partial charge in [-0.2, -0.15) is 0 Å². The molecule has 414 valence electrons. The minimum Gasteiger partial charge on any atom is -0.496 e. The van der Waals surface area contributed by atoms with E-state index in [0.29, 0.717) is 114 Å². The van der Waals surface area contributed by atoms with Gasteiger partial charge in [-0.05, 0) is 109 Å². The Balaban J connectivity index is 0.000000186. The molecule has 0 saturated carbocycles. The molecule has 2 aliphatic heterocycles. The molecule has 11 rings (SSSR count). The highest BCUT2D eigenvalue weighted by Gasteiger charge is 2.20. The number of halogens is 2. The van der Waals surface area contributed by atoms with Gasteiger partial charge in [0.2, 0.25) is 0 Å². The highest BCUT2D eigenvalue weighted by Crippen LogP contribution is 2.41. The van der Waals surface area contributed by atoms with Crippen molar-refractivity contribution in [1.29, 1.82) is 0 Å². The van der Waals surface area contributed by atoms with Gasteiger partial charge < -0.3 is 53.7 Å². The average Bonchev–Trinajstić information content (AvgIpc) is 3.54. The molecule has 2 fully saturated rings. The number of nitrogen functional groups attached to an aromatic ring is 1. The van der Waals surface area contributed by atoms with E-state index < -0.39 is 11.6 Å². The summed E-state index contributed by atoms with van der Waals surface area (Å²) in [6.07, 6.45) is 5.01. The van der Waals surface area contributed by atoms with Crippen molar-refractivity contribution in [1.82, 2.24) is 19.8 Å². The van der Waals surface area contributed by atoms with Crippen LogP contribution in [0.5, 0.6) is 51.7 Å². The maximum absolute atomic E-state index is 15.7. The molecule has 3 N–H and O–H groups in total. The Labute approximate surface area is 461 Å². The fraction of sp³-hybridized carbons (Fsp3) is 0.274. The van der Waals surface area contributed by atoms with E-state index in [-0.39, 0.29) is 17.4 Å². The van der Waals surface area contributed by atoms with Crippen LogP contribution in [-0.4, -0.2) is 126 Å². The maximum atomic E-state index is 15.7. The molecular weight excluding hydrogens is 1030 g/mol. The van der Waals surface area contributed by atoms with Crippen LogP contribution >= 0.6 is 0 Å². The van der Waals surface area contributed by atoms with Crippen molar-refractivity contribution in [2.75, 3.05) is 111 Å². The lowest BCUT2D eigenvalue weighted by atomic mass is 10.1. The van der Waals surface area contributed by atoms with Gasteiger partial charge in [-0.3, -0.25) is 24.6 Å². The summed E-state index contributed by atoms with van der Waals surface area (Å²) in [7, 11) is 4.68. The Morgan fingerprint density at radius 1 is 0.537 bits per heavy atom. The number of rotatable bonds is 19. The SMILES string of the molecule is COc1cc2c(Oc3ccc4cc(N)ccc4c3F)ccnc2cc1OCCCN1CCOCC1.COc1cc2c(Oc3ccc4cc(NC(=O)c5ccccc5OC)ccc4c3F)ccnc2cc1OCCCN1CCOCC1. The largest absolute Gasteiger partial charge is 0.496 e. The first-order valence-electron chi connectivity index (χ1n) is 26.5. The zero-order chi connectivity index (χ0) is 55.4. The van der Waals surface area contributed by atoms with Crippen LogP contribution in [0.4, 0.5) is 20.2 Å². The number of ether oxygens (including phenoxy) is 9. The summed E-state index contributed by atoms with van der Waals surface area (Å²) in [5.41, 5.74) is 8.63. The molecule has 80 heavy (non-hydrogen) atoms. The van der Waals surface area contributed by atoms with Crippen LogP contribution in [0.2, 0.25) is 0 Å². The van der Waals surface area contributed by atoms with Crippen LogP contribution in [0.3, 0.4) is 0 Å². The maximum Gasteiger partial charge on any atom is 0.259 e. The number of nitrogens with one attached hydrogen (secondary N) is 1. The van der Waals surface area contributed by atoms with Crippen molar-refractivity contribution in [3.05, 3.63) is 151 Å². The minimum atomic E-state index is -0.521. The molecule has 0 radical (unpaired) electrons. The lowest BCUT2D eigenvalue weighted by molar-refractivity contribution is 0.0357. The number of carbonyl (C=O) groups is 1. The highest BCUT2D eigenvalue weighted by molar-refractivity contribution is 6.07. The van der Waals surface area contributed by atoms with Crippen molar-refractivity contribution < 1.29 is 56.2 Å². The van der Waals surface area contributed by atoms with Crippen LogP contribution in [0.15, 0.2) is 134 Å². The number of amides is 1. The summed E-state index contributed by atoms with van der Waals surface area (Å²) in [4.78, 5) is 26.5. The number of nitrogens with two attached hydrogens (primary N) is 1. The summed E-state index contributed by atoms with van der Waals surface area (Å²) < 4.78 is 82.4. The van der Waals surface area contributed by atoms with E-state index in [1.807, 2.05) is 18.2 Å².